The minimum absolute atomic E-state index is 0.0702. The number of ether oxygens (including phenoxy) is 1. The van der Waals surface area contributed by atoms with Crippen LogP contribution in [-0.4, -0.2) is 63.3 Å². The molecule has 0 aliphatic carbocycles. The maximum absolute atomic E-state index is 12.3. The predicted octanol–water partition coefficient (Wildman–Crippen LogP) is 1.64. The number of carbonyl (C=O) groups excluding carboxylic acids is 1. The van der Waals surface area contributed by atoms with Gasteiger partial charge in [-0.3, -0.25) is 4.79 Å². The van der Waals surface area contributed by atoms with Crippen molar-refractivity contribution in [3.8, 4) is 5.75 Å². The lowest BCUT2D eigenvalue weighted by atomic mass is 10.3. The van der Waals surface area contributed by atoms with E-state index in [1.165, 1.54) is 6.33 Å². The fourth-order valence-corrected chi connectivity index (χ4v) is 4.03. The first-order chi connectivity index (χ1) is 12.7. The Morgan fingerprint density at radius 2 is 2.12 bits per heavy atom. The van der Waals surface area contributed by atoms with Gasteiger partial charge >= 0.3 is 0 Å². The highest BCUT2D eigenvalue weighted by Crippen LogP contribution is 2.31. The molecule has 1 aliphatic rings. The highest BCUT2D eigenvalue weighted by molar-refractivity contribution is 7.22. The Morgan fingerprint density at radius 1 is 1.27 bits per heavy atom. The summed E-state index contributed by atoms with van der Waals surface area (Å²) < 4.78 is 8.24. The first-order valence-electron chi connectivity index (χ1n) is 8.61. The van der Waals surface area contributed by atoms with Gasteiger partial charge in [-0.1, -0.05) is 11.3 Å². The molecular formula is C17H20N6O2S. The number of thiazole rings is 1. The van der Waals surface area contributed by atoms with E-state index in [1.807, 2.05) is 30.0 Å². The molecular weight excluding hydrogens is 352 g/mol. The SMILES string of the molecule is CCOc1ccc2nc(N3CCN(C(=O)Cn4cncn4)CC3)sc2c1. The summed E-state index contributed by atoms with van der Waals surface area (Å²) in [7, 11) is 0. The Hall–Kier alpha value is -2.68. The van der Waals surface area contributed by atoms with Crippen molar-refractivity contribution in [3.63, 3.8) is 0 Å². The second-order valence-electron chi connectivity index (χ2n) is 6.02. The minimum Gasteiger partial charge on any atom is -0.494 e. The van der Waals surface area contributed by atoms with Gasteiger partial charge in [0.15, 0.2) is 5.13 Å². The zero-order valence-corrected chi connectivity index (χ0v) is 15.4. The third kappa shape index (κ3) is 3.48. The molecule has 8 nitrogen and oxygen atoms in total. The standard InChI is InChI=1S/C17H20N6O2S/c1-2-25-13-3-4-14-15(9-13)26-17(20-14)22-7-5-21(6-8-22)16(24)10-23-12-18-11-19-23/h3-4,9,11-12H,2,5-8,10H2,1H3. The molecule has 3 heterocycles. The number of rotatable bonds is 5. The molecule has 1 aliphatic heterocycles. The lowest BCUT2D eigenvalue weighted by Gasteiger charge is -2.34. The lowest BCUT2D eigenvalue weighted by Crippen LogP contribution is -2.49. The van der Waals surface area contributed by atoms with Gasteiger partial charge < -0.3 is 14.5 Å². The van der Waals surface area contributed by atoms with Crippen LogP contribution in [0.2, 0.25) is 0 Å². The van der Waals surface area contributed by atoms with E-state index < -0.39 is 0 Å². The van der Waals surface area contributed by atoms with Gasteiger partial charge in [0, 0.05) is 26.2 Å². The molecule has 0 radical (unpaired) electrons. The van der Waals surface area contributed by atoms with E-state index in [-0.39, 0.29) is 12.5 Å². The summed E-state index contributed by atoms with van der Waals surface area (Å²) in [5, 5.41) is 4.98. The third-order valence-corrected chi connectivity index (χ3v) is 5.41. The van der Waals surface area contributed by atoms with Gasteiger partial charge in [-0.25, -0.2) is 14.6 Å². The van der Waals surface area contributed by atoms with E-state index in [0.717, 1.165) is 34.2 Å². The second kappa shape index (κ2) is 7.28. The zero-order chi connectivity index (χ0) is 17.9. The Kier molecular flexibility index (Phi) is 4.70. The summed E-state index contributed by atoms with van der Waals surface area (Å²) in [5.74, 6) is 0.944. The van der Waals surface area contributed by atoms with Crippen LogP contribution >= 0.6 is 11.3 Å². The van der Waals surface area contributed by atoms with Crippen molar-refractivity contribution in [2.45, 2.75) is 13.5 Å². The molecule has 9 heteroatoms. The molecule has 2 aromatic heterocycles. The van der Waals surface area contributed by atoms with E-state index in [2.05, 4.69) is 15.0 Å². The number of nitrogens with zero attached hydrogens (tertiary/aromatic N) is 6. The van der Waals surface area contributed by atoms with Gasteiger partial charge in [-0.05, 0) is 25.1 Å². The lowest BCUT2D eigenvalue weighted by molar-refractivity contribution is -0.132. The average Bonchev–Trinajstić information content (AvgIpc) is 3.31. The molecule has 136 valence electrons. The summed E-state index contributed by atoms with van der Waals surface area (Å²) in [6.07, 6.45) is 3.00. The molecule has 0 unspecified atom stereocenters. The van der Waals surface area contributed by atoms with E-state index in [0.29, 0.717) is 19.7 Å². The molecule has 1 amide bonds. The summed E-state index contributed by atoms with van der Waals surface area (Å²) in [6, 6.07) is 5.99. The number of amides is 1. The quantitative estimate of drug-likeness (QED) is 0.678. The minimum atomic E-state index is 0.0702. The Morgan fingerprint density at radius 3 is 2.85 bits per heavy atom. The highest BCUT2D eigenvalue weighted by Gasteiger charge is 2.23. The molecule has 0 N–H and O–H groups in total. The van der Waals surface area contributed by atoms with Gasteiger partial charge in [0.05, 0.1) is 16.8 Å². The number of fused-ring (bicyclic) bond motifs is 1. The molecule has 3 aromatic rings. The van der Waals surface area contributed by atoms with Crippen molar-refractivity contribution in [2.24, 2.45) is 0 Å². The number of benzene rings is 1. The smallest absolute Gasteiger partial charge is 0.244 e. The molecule has 4 rings (SSSR count). The van der Waals surface area contributed by atoms with Crippen LogP contribution in [0.5, 0.6) is 5.75 Å². The normalized spacial score (nSPS) is 14.8. The number of piperazine rings is 1. The molecule has 26 heavy (non-hydrogen) atoms. The summed E-state index contributed by atoms with van der Waals surface area (Å²) in [5.41, 5.74) is 0.984. The monoisotopic (exact) mass is 372 g/mol. The van der Waals surface area contributed by atoms with Crippen molar-refractivity contribution in [3.05, 3.63) is 30.9 Å². The fraction of sp³-hybridized carbons (Fsp3) is 0.412. The van der Waals surface area contributed by atoms with Crippen LogP contribution in [0.3, 0.4) is 0 Å². The van der Waals surface area contributed by atoms with E-state index in [1.54, 1.807) is 22.3 Å². The molecule has 0 spiro atoms. The van der Waals surface area contributed by atoms with Crippen LogP contribution in [0.4, 0.5) is 5.13 Å². The molecule has 0 atom stereocenters. The molecule has 1 aromatic carbocycles. The predicted molar refractivity (Wildman–Crippen MR) is 99.6 cm³/mol. The van der Waals surface area contributed by atoms with E-state index in [4.69, 9.17) is 9.72 Å². The average molecular weight is 372 g/mol. The largest absolute Gasteiger partial charge is 0.494 e. The van der Waals surface area contributed by atoms with E-state index >= 15 is 0 Å². The van der Waals surface area contributed by atoms with Crippen molar-refractivity contribution in [2.75, 3.05) is 37.7 Å². The van der Waals surface area contributed by atoms with Crippen LogP contribution in [0.15, 0.2) is 30.9 Å². The molecule has 1 fully saturated rings. The topological polar surface area (TPSA) is 76.4 Å². The summed E-state index contributed by atoms with van der Waals surface area (Å²) in [6.45, 7) is 5.80. The molecule has 1 saturated heterocycles. The molecule has 0 saturated carbocycles. The van der Waals surface area contributed by atoms with Crippen LogP contribution in [0, 0.1) is 0 Å². The maximum Gasteiger partial charge on any atom is 0.244 e. The Balaban J connectivity index is 1.39. The van der Waals surface area contributed by atoms with Crippen molar-refractivity contribution in [1.29, 1.82) is 0 Å². The van der Waals surface area contributed by atoms with Gasteiger partial charge in [-0.15, -0.1) is 0 Å². The van der Waals surface area contributed by atoms with Crippen molar-refractivity contribution < 1.29 is 9.53 Å². The first-order valence-corrected chi connectivity index (χ1v) is 9.43. The number of aromatic nitrogens is 4. The molecule has 0 bridgehead atoms. The summed E-state index contributed by atoms with van der Waals surface area (Å²) >= 11 is 1.67. The van der Waals surface area contributed by atoms with Crippen molar-refractivity contribution >= 4 is 32.6 Å². The first kappa shape index (κ1) is 16.8. The number of hydrogen-bond donors (Lipinski definition) is 0. The highest BCUT2D eigenvalue weighted by atomic mass is 32.1. The number of hydrogen-bond acceptors (Lipinski definition) is 7. The third-order valence-electron chi connectivity index (χ3n) is 4.33. The van der Waals surface area contributed by atoms with Crippen LogP contribution < -0.4 is 9.64 Å². The van der Waals surface area contributed by atoms with Crippen LogP contribution in [-0.2, 0) is 11.3 Å². The number of anilines is 1. The zero-order valence-electron chi connectivity index (χ0n) is 14.5. The van der Waals surface area contributed by atoms with Crippen LogP contribution in [0.25, 0.3) is 10.2 Å². The van der Waals surface area contributed by atoms with Gasteiger partial charge in [0.1, 0.15) is 24.9 Å². The van der Waals surface area contributed by atoms with Gasteiger partial charge in [0.2, 0.25) is 5.91 Å². The maximum atomic E-state index is 12.3. The van der Waals surface area contributed by atoms with Crippen molar-refractivity contribution in [1.82, 2.24) is 24.6 Å². The number of carbonyl (C=O) groups is 1. The fourth-order valence-electron chi connectivity index (χ4n) is 2.98. The Bertz CT molecular complexity index is 886. The van der Waals surface area contributed by atoms with E-state index in [9.17, 15) is 4.79 Å². The van der Waals surface area contributed by atoms with Crippen LogP contribution in [0.1, 0.15) is 6.92 Å². The Labute approximate surface area is 155 Å². The second-order valence-corrected chi connectivity index (χ2v) is 7.03. The summed E-state index contributed by atoms with van der Waals surface area (Å²) in [4.78, 5) is 25.1. The van der Waals surface area contributed by atoms with Gasteiger partial charge in [-0.2, -0.15) is 5.10 Å². The van der Waals surface area contributed by atoms with Gasteiger partial charge in [0.25, 0.3) is 0 Å².